The number of pyridine rings is 1. The van der Waals surface area contributed by atoms with Gasteiger partial charge in [-0.2, -0.15) is 0 Å². The van der Waals surface area contributed by atoms with Gasteiger partial charge in [0.2, 0.25) is 5.91 Å². The first-order valence-electron chi connectivity index (χ1n) is 10.1. The molecule has 1 aliphatic rings. The monoisotopic (exact) mass is 434 g/mol. The number of fused-ring (bicyclic) bond motifs is 4. The van der Waals surface area contributed by atoms with Gasteiger partial charge in [-0.15, -0.1) is 11.3 Å². The van der Waals surface area contributed by atoms with E-state index in [-0.39, 0.29) is 17.1 Å². The van der Waals surface area contributed by atoms with Gasteiger partial charge in [0.05, 0.1) is 29.7 Å². The minimum atomic E-state index is -0.704. The largest absolute Gasteiger partial charge is 0.370 e. The molecular formula is C23H22N4O3S. The van der Waals surface area contributed by atoms with Crippen LogP contribution < -0.4 is 10.9 Å². The molecule has 31 heavy (non-hydrogen) atoms. The summed E-state index contributed by atoms with van der Waals surface area (Å²) in [4.78, 5) is 36.1. The summed E-state index contributed by atoms with van der Waals surface area (Å²) in [6.07, 6.45) is 2.17. The number of hydrogen-bond acceptors (Lipinski definition) is 6. The van der Waals surface area contributed by atoms with E-state index in [2.05, 4.69) is 24.1 Å². The summed E-state index contributed by atoms with van der Waals surface area (Å²) in [7, 11) is 0. The van der Waals surface area contributed by atoms with Crippen molar-refractivity contribution >= 4 is 43.4 Å². The van der Waals surface area contributed by atoms with Crippen molar-refractivity contribution in [1.82, 2.24) is 14.5 Å². The fraction of sp³-hybridized carbons (Fsp3) is 0.304. The van der Waals surface area contributed by atoms with Crippen molar-refractivity contribution in [2.45, 2.75) is 45.4 Å². The van der Waals surface area contributed by atoms with Crippen molar-refractivity contribution in [2.24, 2.45) is 0 Å². The van der Waals surface area contributed by atoms with Gasteiger partial charge in [-0.25, -0.2) is 9.97 Å². The molecule has 3 aromatic heterocycles. The van der Waals surface area contributed by atoms with Crippen LogP contribution in [0.3, 0.4) is 0 Å². The first-order chi connectivity index (χ1) is 14.8. The third-order valence-corrected chi connectivity index (χ3v) is 6.69. The third kappa shape index (κ3) is 3.51. The molecule has 0 saturated carbocycles. The highest BCUT2D eigenvalue weighted by molar-refractivity contribution is 7.25. The highest BCUT2D eigenvalue weighted by atomic mass is 32.1. The van der Waals surface area contributed by atoms with Gasteiger partial charge < -0.3 is 10.1 Å². The molecule has 8 heteroatoms. The SMILES string of the molecule is C[C@H](C(=O)Nc1ccccc1)n1cnc2c(sc3nc4c(cc32)COC(C)(C)C4)c1=O. The molecule has 5 rings (SSSR count). The van der Waals surface area contributed by atoms with E-state index in [1.807, 2.05) is 24.3 Å². The van der Waals surface area contributed by atoms with Crippen molar-refractivity contribution < 1.29 is 9.53 Å². The molecule has 1 N–H and O–H groups in total. The molecule has 158 valence electrons. The first kappa shape index (κ1) is 19.8. The molecule has 0 saturated heterocycles. The van der Waals surface area contributed by atoms with E-state index in [0.29, 0.717) is 22.5 Å². The van der Waals surface area contributed by atoms with Crippen molar-refractivity contribution in [3.8, 4) is 0 Å². The Morgan fingerprint density at radius 2 is 2.06 bits per heavy atom. The number of anilines is 1. The topological polar surface area (TPSA) is 86.1 Å². The maximum Gasteiger partial charge on any atom is 0.272 e. The first-order valence-corrected chi connectivity index (χ1v) is 11.0. The Morgan fingerprint density at radius 3 is 2.84 bits per heavy atom. The number of nitrogens with one attached hydrogen (secondary N) is 1. The summed E-state index contributed by atoms with van der Waals surface area (Å²) >= 11 is 1.33. The number of benzene rings is 1. The van der Waals surface area contributed by atoms with Crippen LogP contribution in [0.4, 0.5) is 5.69 Å². The molecule has 0 aliphatic carbocycles. The molecule has 1 amide bonds. The van der Waals surface area contributed by atoms with Gasteiger partial charge in [-0.1, -0.05) is 18.2 Å². The molecule has 1 aliphatic heterocycles. The smallest absolute Gasteiger partial charge is 0.272 e. The van der Waals surface area contributed by atoms with Gasteiger partial charge in [-0.05, 0) is 39.0 Å². The van der Waals surface area contributed by atoms with Crippen LogP contribution in [0.5, 0.6) is 0 Å². The number of thiophene rings is 1. The standard InChI is InChI=1S/C23H22N4O3S/c1-13(20(28)25-15-7-5-4-6-8-15)27-12-24-18-16-9-14-11-30-23(2,3)10-17(14)26-21(16)31-19(18)22(27)29/h4-9,12-13H,10-11H2,1-3H3,(H,25,28)/t13-/m1/s1. The minimum absolute atomic E-state index is 0.238. The van der Waals surface area contributed by atoms with Crippen LogP contribution in [0, 0.1) is 0 Å². The van der Waals surface area contributed by atoms with Gasteiger partial charge in [-0.3, -0.25) is 14.2 Å². The number of hydrogen-bond donors (Lipinski definition) is 1. The Balaban J connectivity index is 1.54. The van der Waals surface area contributed by atoms with Gasteiger partial charge in [0, 0.05) is 23.1 Å². The molecule has 0 bridgehead atoms. The van der Waals surface area contributed by atoms with Crippen LogP contribution in [0.15, 0.2) is 47.5 Å². The summed E-state index contributed by atoms with van der Waals surface area (Å²) in [5.41, 5.74) is 2.86. The number of amides is 1. The van der Waals surface area contributed by atoms with E-state index < -0.39 is 6.04 Å². The van der Waals surface area contributed by atoms with Crippen molar-refractivity contribution in [3.05, 3.63) is 64.3 Å². The lowest BCUT2D eigenvalue weighted by Crippen LogP contribution is -2.32. The molecule has 0 radical (unpaired) electrons. The zero-order valence-corrected chi connectivity index (χ0v) is 18.3. The molecule has 4 aromatic rings. The van der Waals surface area contributed by atoms with E-state index in [4.69, 9.17) is 9.72 Å². The molecule has 0 spiro atoms. The van der Waals surface area contributed by atoms with Crippen LogP contribution in [0.25, 0.3) is 20.4 Å². The lowest BCUT2D eigenvalue weighted by molar-refractivity contribution is -0.118. The van der Waals surface area contributed by atoms with E-state index in [9.17, 15) is 9.59 Å². The van der Waals surface area contributed by atoms with Crippen LogP contribution in [-0.2, 0) is 22.6 Å². The van der Waals surface area contributed by atoms with Crippen LogP contribution in [0.1, 0.15) is 38.1 Å². The Kier molecular flexibility index (Phi) is 4.64. The fourth-order valence-electron chi connectivity index (χ4n) is 3.83. The van der Waals surface area contributed by atoms with Gasteiger partial charge in [0.25, 0.3) is 5.56 Å². The fourth-order valence-corrected chi connectivity index (χ4v) is 4.89. The number of ether oxygens (including phenoxy) is 1. The van der Waals surface area contributed by atoms with E-state index in [1.165, 1.54) is 22.2 Å². The molecule has 4 heterocycles. The highest BCUT2D eigenvalue weighted by Gasteiger charge is 2.28. The van der Waals surface area contributed by atoms with Crippen LogP contribution in [0.2, 0.25) is 0 Å². The summed E-state index contributed by atoms with van der Waals surface area (Å²) in [5, 5.41) is 3.69. The average molecular weight is 435 g/mol. The maximum atomic E-state index is 13.2. The number of nitrogens with zero attached hydrogens (tertiary/aromatic N) is 3. The number of para-hydroxylation sites is 1. The lowest BCUT2D eigenvalue weighted by atomic mass is 9.95. The van der Waals surface area contributed by atoms with Gasteiger partial charge >= 0.3 is 0 Å². The summed E-state index contributed by atoms with van der Waals surface area (Å²) < 4.78 is 7.79. The summed E-state index contributed by atoms with van der Waals surface area (Å²) in [6.45, 7) is 6.29. The maximum absolute atomic E-state index is 13.2. The minimum Gasteiger partial charge on any atom is -0.370 e. The Morgan fingerprint density at radius 1 is 1.29 bits per heavy atom. The summed E-state index contributed by atoms with van der Waals surface area (Å²) in [6, 6.07) is 10.5. The van der Waals surface area contributed by atoms with E-state index in [0.717, 1.165) is 27.9 Å². The predicted molar refractivity (Wildman–Crippen MR) is 122 cm³/mol. The Bertz CT molecular complexity index is 1370. The molecule has 0 unspecified atom stereocenters. The van der Waals surface area contributed by atoms with Gasteiger partial charge in [0.15, 0.2) is 0 Å². The third-order valence-electron chi connectivity index (χ3n) is 5.61. The van der Waals surface area contributed by atoms with Crippen molar-refractivity contribution in [1.29, 1.82) is 0 Å². The molecular weight excluding hydrogens is 412 g/mol. The number of rotatable bonds is 3. The Labute approximate surface area is 182 Å². The summed E-state index contributed by atoms with van der Waals surface area (Å²) in [5.74, 6) is -0.275. The predicted octanol–water partition coefficient (Wildman–Crippen LogP) is 4.06. The van der Waals surface area contributed by atoms with Crippen molar-refractivity contribution in [2.75, 3.05) is 5.32 Å². The molecule has 7 nitrogen and oxygen atoms in total. The zero-order valence-electron chi connectivity index (χ0n) is 17.5. The van der Waals surface area contributed by atoms with Gasteiger partial charge in [0.1, 0.15) is 15.6 Å². The number of carbonyl (C=O) groups is 1. The molecule has 1 atom stereocenters. The second-order valence-electron chi connectivity index (χ2n) is 8.44. The zero-order chi connectivity index (χ0) is 21.8. The quantitative estimate of drug-likeness (QED) is 0.526. The second-order valence-corrected chi connectivity index (χ2v) is 9.44. The second kappa shape index (κ2) is 7.25. The molecule has 1 aromatic carbocycles. The Hall–Kier alpha value is -3.10. The average Bonchev–Trinajstić information content (AvgIpc) is 3.10. The lowest BCUT2D eigenvalue weighted by Gasteiger charge is -2.30. The van der Waals surface area contributed by atoms with E-state index in [1.54, 1.807) is 19.1 Å². The van der Waals surface area contributed by atoms with E-state index >= 15 is 0 Å². The molecule has 0 fully saturated rings. The number of aromatic nitrogens is 3. The number of carbonyl (C=O) groups excluding carboxylic acids is 1. The normalized spacial score (nSPS) is 16.2. The van der Waals surface area contributed by atoms with Crippen LogP contribution >= 0.6 is 11.3 Å². The highest BCUT2D eigenvalue weighted by Crippen LogP contribution is 2.34. The van der Waals surface area contributed by atoms with Crippen LogP contribution in [-0.4, -0.2) is 26.0 Å². The van der Waals surface area contributed by atoms with Crippen molar-refractivity contribution in [3.63, 3.8) is 0 Å².